The molecule has 1 aromatic rings. The Hall–Kier alpha value is -0.860. The fraction of sp³-hybridized carbons (Fsp3) is 0.600. The summed E-state index contributed by atoms with van der Waals surface area (Å²) in [5.74, 6) is 0. The number of fused-ring (bicyclic) bond motifs is 1. The molecule has 0 atom stereocenters. The predicted molar refractivity (Wildman–Crippen MR) is 68.5 cm³/mol. The topological polar surface area (TPSA) is 23.5 Å². The first-order valence-corrected chi connectivity index (χ1v) is 6.71. The monoisotopic (exact) mass is 231 g/mol. The van der Waals surface area contributed by atoms with Crippen molar-refractivity contribution in [1.29, 1.82) is 0 Å². The average molecular weight is 231 g/mol. The van der Waals surface area contributed by atoms with Crippen LogP contribution in [0.1, 0.15) is 36.8 Å². The standard InChI is InChI=1S/C15H21NO/c17-12-15(7-3-4-8-15)11-16-9-13-5-1-2-6-14(13)10-16/h1-2,5-6,17H,3-4,7-12H2. The molecule has 3 rings (SSSR count). The number of aliphatic hydroxyl groups excluding tert-OH is 1. The summed E-state index contributed by atoms with van der Waals surface area (Å²) in [4.78, 5) is 2.51. The van der Waals surface area contributed by atoms with E-state index < -0.39 is 0 Å². The zero-order chi connectivity index (χ0) is 11.7. The average Bonchev–Trinajstić information content (AvgIpc) is 2.95. The van der Waals surface area contributed by atoms with Gasteiger partial charge < -0.3 is 5.11 Å². The van der Waals surface area contributed by atoms with Crippen LogP contribution in [0.15, 0.2) is 24.3 Å². The summed E-state index contributed by atoms with van der Waals surface area (Å²) >= 11 is 0. The van der Waals surface area contributed by atoms with Crippen LogP contribution in [0.2, 0.25) is 0 Å². The van der Waals surface area contributed by atoms with E-state index in [1.165, 1.54) is 36.8 Å². The summed E-state index contributed by atoms with van der Waals surface area (Å²) in [5.41, 5.74) is 3.14. The van der Waals surface area contributed by atoms with E-state index in [2.05, 4.69) is 29.2 Å². The first-order chi connectivity index (χ1) is 8.31. The molecule has 17 heavy (non-hydrogen) atoms. The second kappa shape index (κ2) is 4.43. The van der Waals surface area contributed by atoms with Crippen molar-refractivity contribution < 1.29 is 5.11 Å². The van der Waals surface area contributed by atoms with Crippen LogP contribution in [0, 0.1) is 5.41 Å². The normalized spacial score (nSPS) is 22.9. The van der Waals surface area contributed by atoms with Crippen LogP contribution in [-0.2, 0) is 13.1 Å². The fourth-order valence-corrected chi connectivity index (χ4v) is 3.48. The van der Waals surface area contributed by atoms with Crippen molar-refractivity contribution in [2.45, 2.75) is 38.8 Å². The van der Waals surface area contributed by atoms with E-state index in [1.54, 1.807) is 0 Å². The van der Waals surface area contributed by atoms with Crippen LogP contribution in [0.4, 0.5) is 0 Å². The largest absolute Gasteiger partial charge is 0.396 e. The minimum absolute atomic E-state index is 0.196. The maximum atomic E-state index is 9.67. The molecular weight excluding hydrogens is 210 g/mol. The summed E-state index contributed by atoms with van der Waals surface area (Å²) < 4.78 is 0. The van der Waals surface area contributed by atoms with Gasteiger partial charge in [0.15, 0.2) is 0 Å². The number of aliphatic hydroxyl groups is 1. The van der Waals surface area contributed by atoms with Crippen LogP contribution in [-0.4, -0.2) is 23.2 Å². The van der Waals surface area contributed by atoms with Gasteiger partial charge in [0.1, 0.15) is 0 Å². The summed E-state index contributed by atoms with van der Waals surface area (Å²) in [6.45, 7) is 3.56. The summed E-state index contributed by atoms with van der Waals surface area (Å²) in [7, 11) is 0. The molecule has 2 nitrogen and oxygen atoms in total. The van der Waals surface area contributed by atoms with Crippen molar-refractivity contribution in [3.63, 3.8) is 0 Å². The molecule has 1 saturated carbocycles. The van der Waals surface area contributed by atoms with Gasteiger partial charge in [-0.2, -0.15) is 0 Å². The molecule has 0 amide bonds. The number of hydrogen-bond acceptors (Lipinski definition) is 2. The SMILES string of the molecule is OCC1(CN2Cc3ccccc3C2)CCCC1. The van der Waals surface area contributed by atoms with Crippen molar-refractivity contribution in [1.82, 2.24) is 4.90 Å². The van der Waals surface area contributed by atoms with E-state index in [0.717, 1.165) is 19.6 Å². The highest BCUT2D eigenvalue weighted by molar-refractivity contribution is 5.30. The maximum absolute atomic E-state index is 9.67. The van der Waals surface area contributed by atoms with Gasteiger partial charge >= 0.3 is 0 Å². The lowest BCUT2D eigenvalue weighted by Crippen LogP contribution is -2.35. The molecule has 2 heteroatoms. The highest BCUT2D eigenvalue weighted by Gasteiger charge is 2.36. The lowest BCUT2D eigenvalue weighted by Gasteiger charge is -2.31. The van der Waals surface area contributed by atoms with Gasteiger partial charge in [-0.05, 0) is 24.0 Å². The minimum Gasteiger partial charge on any atom is -0.396 e. The Balaban J connectivity index is 1.69. The molecule has 1 aliphatic carbocycles. The summed E-state index contributed by atoms with van der Waals surface area (Å²) in [6.07, 6.45) is 5.00. The van der Waals surface area contributed by atoms with Crippen molar-refractivity contribution in [3.05, 3.63) is 35.4 Å². The van der Waals surface area contributed by atoms with Gasteiger partial charge in [0.25, 0.3) is 0 Å². The Morgan fingerprint density at radius 1 is 1.06 bits per heavy atom. The lowest BCUT2D eigenvalue weighted by molar-refractivity contribution is 0.0771. The van der Waals surface area contributed by atoms with Crippen LogP contribution >= 0.6 is 0 Å². The van der Waals surface area contributed by atoms with Gasteiger partial charge in [0.2, 0.25) is 0 Å². The van der Waals surface area contributed by atoms with Crippen molar-refractivity contribution in [3.8, 4) is 0 Å². The van der Waals surface area contributed by atoms with Crippen LogP contribution in [0.3, 0.4) is 0 Å². The molecule has 0 unspecified atom stereocenters. The van der Waals surface area contributed by atoms with Gasteiger partial charge in [-0.15, -0.1) is 0 Å². The van der Waals surface area contributed by atoms with Gasteiger partial charge in [-0.3, -0.25) is 4.90 Å². The van der Waals surface area contributed by atoms with Gasteiger partial charge in [-0.25, -0.2) is 0 Å². The summed E-state index contributed by atoms with van der Waals surface area (Å²) in [5, 5.41) is 9.67. The van der Waals surface area contributed by atoms with E-state index in [0.29, 0.717) is 6.61 Å². The van der Waals surface area contributed by atoms with E-state index >= 15 is 0 Å². The molecule has 1 aromatic carbocycles. The van der Waals surface area contributed by atoms with E-state index in [4.69, 9.17) is 0 Å². The number of hydrogen-bond donors (Lipinski definition) is 1. The Morgan fingerprint density at radius 3 is 2.18 bits per heavy atom. The van der Waals surface area contributed by atoms with Crippen molar-refractivity contribution >= 4 is 0 Å². The molecule has 1 N–H and O–H groups in total. The minimum atomic E-state index is 0.196. The molecule has 0 aromatic heterocycles. The Kier molecular flexibility index (Phi) is 2.93. The molecule has 1 aliphatic heterocycles. The Morgan fingerprint density at radius 2 is 1.65 bits per heavy atom. The third-order valence-corrected chi connectivity index (χ3v) is 4.46. The molecule has 1 heterocycles. The molecule has 2 aliphatic rings. The highest BCUT2D eigenvalue weighted by atomic mass is 16.3. The second-order valence-electron chi connectivity index (χ2n) is 5.78. The molecule has 1 fully saturated rings. The van der Waals surface area contributed by atoms with Crippen LogP contribution < -0.4 is 0 Å². The van der Waals surface area contributed by atoms with Crippen LogP contribution in [0.5, 0.6) is 0 Å². The molecule has 0 saturated heterocycles. The van der Waals surface area contributed by atoms with Gasteiger partial charge in [-0.1, -0.05) is 37.1 Å². The summed E-state index contributed by atoms with van der Waals surface area (Å²) in [6, 6.07) is 8.71. The van der Waals surface area contributed by atoms with E-state index in [-0.39, 0.29) is 5.41 Å². The van der Waals surface area contributed by atoms with Gasteiger partial charge in [0, 0.05) is 31.7 Å². The van der Waals surface area contributed by atoms with Crippen molar-refractivity contribution in [2.75, 3.05) is 13.2 Å². The lowest BCUT2D eigenvalue weighted by atomic mass is 9.86. The number of nitrogens with zero attached hydrogens (tertiary/aromatic N) is 1. The predicted octanol–water partition coefficient (Wildman–Crippen LogP) is 2.55. The number of rotatable bonds is 3. The molecule has 0 spiro atoms. The smallest absolute Gasteiger partial charge is 0.0499 e. The molecule has 92 valence electrons. The first-order valence-electron chi connectivity index (χ1n) is 6.71. The first kappa shape index (κ1) is 11.2. The fourth-order valence-electron chi connectivity index (χ4n) is 3.48. The maximum Gasteiger partial charge on any atom is 0.0499 e. The van der Waals surface area contributed by atoms with Crippen molar-refractivity contribution in [2.24, 2.45) is 5.41 Å². The Bertz CT molecular complexity index is 371. The van der Waals surface area contributed by atoms with E-state index in [1.807, 2.05) is 0 Å². The molecule has 0 radical (unpaired) electrons. The third-order valence-electron chi connectivity index (χ3n) is 4.46. The molecule has 0 bridgehead atoms. The van der Waals surface area contributed by atoms with Crippen LogP contribution in [0.25, 0.3) is 0 Å². The highest BCUT2D eigenvalue weighted by Crippen LogP contribution is 2.39. The quantitative estimate of drug-likeness (QED) is 0.864. The third kappa shape index (κ3) is 2.12. The second-order valence-corrected chi connectivity index (χ2v) is 5.78. The van der Waals surface area contributed by atoms with Gasteiger partial charge in [0.05, 0.1) is 0 Å². The zero-order valence-corrected chi connectivity index (χ0v) is 10.4. The molecular formula is C15H21NO. The zero-order valence-electron chi connectivity index (χ0n) is 10.4. The number of benzene rings is 1. The van der Waals surface area contributed by atoms with E-state index in [9.17, 15) is 5.11 Å². The Labute approximate surface area is 103 Å².